The van der Waals surface area contributed by atoms with E-state index in [1.165, 1.54) is 31.2 Å². The summed E-state index contributed by atoms with van der Waals surface area (Å²) in [5.41, 5.74) is 0.939. The van der Waals surface area contributed by atoms with Crippen molar-refractivity contribution >= 4 is 19.4 Å². The van der Waals surface area contributed by atoms with Crippen molar-refractivity contribution in [2.75, 3.05) is 0 Å². The zero-order valence-electron chi connectivity index (χ0n) is 17.5. The van der Waals surface area contributed by atoms with E-state index in [2.05, 4.69) is 5.09 Å². The predicted molar refractivity (Wildman–Crippen MR) is 114 cm³/mol. The highest BCUT2D eigenvalue weighted by Crippen LogP contribution is 2.47. The molecule has 1 aliphatic carbocycles. The Morgan fingerprint density at radius 2 is 1.74 bits per heavy atom. The summed E-state index contributed by atoms with van der Waals surface area (Å²) in [5, 5.41) is 13.5. The Morgan fingerprint density at radius 3 is 2.32 bits per heavy atom. The number of nitro groups is 1. The Morgan fingerprint density at radius 1 is 1.10 bits per heavy atom. The second-order valence-corrected chi connectivity index (χ2v) is 9.23. The Bertz CT molecular complexity index is 989. The van der Waals surface area contributed by atoms with Crippen LogP contribution in [0.2, 0.25) is 0 Å². The van der Waals surface area contributed by atoms with Crippen LogP contribution in [-0.4, -0.2) is 23.0 Å². The van der Waals surface area contributed by atoms with Gasteiger partial charge in [-0.2, -0.15) is 5.09 Å². The number of nitrogens with one attached hydrogen (secondary N) is 1. The fourth-order valence-corrected chi connectivity index (χ4v) is 4.36. The van der Waals surface area contributed by atoms with Gasteiger partial charge in [0, 0.05) is 12.1 Å². The average Bonchev–Trinajstić information content (AvgIpc) is 3.53. The van der Waals surface area contributed by atoms with Crippen LogP contribution in [0.4, 0.5) is 5.69 Å². The minimum absolute atomic E-state index is 0.0872. The highest BCUT2D eigenvalue weighted by atomic mass is 31.2. The first-order valence-corrected chi connectivity index (χ1v) is 11.5. The predicted octanol–water partition coefficient (Wildman–Crippen LogP) is 4.97. The summed E-state index contributed by atoms with van der Waals surface area (Å²) in [5.74, 6) is 0.264. The number of carbonyl (C=O) groups is 1. The lowest BCUT2D eigenvalue weighted by atomic mass is 10.1. The number of carbonyl (C=O) groups excluding carboxylic acids is 1. The molecule has 31 heavy (non-hydrogen) atoms. The molecule has 1 saturated carbocycles. The molecule has 166 valence electrons. The first-order chi connectivity index (χ1) is 14.6. The van der Waals surface area contributed by atoms with Crippen LogP contribution in [0.3, 0.4) is 0 Å². The lowest BCUT2D eigenvalue weighted by molar-refractivity contribution is -0.384. The average molecular weight is 448 g/mol. The fourth-order valence-electron chi connectivity index (χ4n) is 2.84. The number of nitro benzene ring substituents is 1. The number of rotatable bonds is 10. The summed E-state index contributed by atoms with van der Waals surface area (Å²) in [6.07, 6.45) is 1.84. The van der Waals surface area contributed by atoms with Gasteiger partial charge in [0.25, 0.3) is 5.69 Å². The fraction of sp³-hybridized carbons (Fsp3) is 0.381. The van der Waals surface area contributed by atoms with Gasteiger partial charge in [0.2, 0.25) is 0 Å². The van der Waals surface area contributed by atoms with Gasteiger partial charge in [-0.1, -0.05) is 12.1 Å². The highest BCUT2D eigenvalue weighted by Gasteiger charge is 2.34. The third kappa shape index (κ3) is 6.54. The number of hydrogen-bond acceptors (Lipinski definition) is 7. The Labute approximate surface area is 180 Å². The second kappa shape index (κ2) is 9.49. The van der Waals surface area contributed by atoms with Gasteiger partial charge in [-0.25, -0.2) is 4.57 Å². The molecule has 0 heterocycles. The van der Waals surface area contributed by atoms with E-state index in [1.807, 2.05) is 6.07 Å². The summed E-state index contributed by atoms with van der Waals surface area (Å²) in [6, 6.07) is 11.3. The topological polar surface area (TPSA) is 117 Å². The van der Waals surface area contributed by atoms with Gasteiger partial charge in [-0.3, -0.25) is 14.9 Å². The highest BCUT2D eigenvalue weighted by molar-refractivity contribution is 7.52. The van der Waals surface area contributed by atoms with Crippen molar-refractivity contribution < 1.29 is 28.1 Å². The maximum Gasteiger partial charge on any atom is 0.513 e. The molecule has 0 spiro atoms. The van der Waals surface area contributed by atoms with Crippen LogP contribution in [0, 0.1) is 10.1 Å². The molecule has 9 nitrogen and oxygen atoms in total. The standard InChI is InChI=1S/C21H25N2O7P/c1-14(2)28-21(24)15(3)22-31(27,29-19-11-9-18(10-12-19)23(25)26)30-20-6-4-5-17(13-20)16-7-8-16/h4-6,9-16H,7-8H2,1-3H3,(H,22,27)/t15-,31?/m0/s1. The lowest BCUT2D eigenvalue weighted by Gasteiger charge is -2.23. The van der Waals surface area contributed by atoms with Gasteiger partial charge < -0.3 is 13.8 Å². The van der Waals surface area contributed by atoms with Crippen molar-refractivity contribution in [3.8, 4) is 11.5 Å². The van der Waals surface area contributed by atoms with Crippen molar-refractivity contribution in [1.82, 2.24) is 5.09 Å². The van der Waals surface area contributed by atoms with Crippen molar-refractivity contribution in [2.24, 2.45) is 0 Å². The lowest BCUT2D eigenvalue weighted by Crippen LogP contribution is -2.36. The van der Waals surface area contributed by atoms with E-state index in [-0.39, 0.29) is 17.5 Å². The van der Waals surface area contributed by atoms with Crippen LogP contribution < -0.4 is 14.1 Å². The van der Waals surface area contributed by atoms with Crippen LogP contribution in [0.25, 0.3) is 0 Å². The Hall–Kier alpha value is -2.90. The van der Waals surface area contributed by atoms with E-state index in [4.69, 9.17) is 13.8 Å². The molecule has 10 heteroatoms. The molecule has 2 aromatic carbocycles. The third-order valence-corrected chi connectivity index (χ3v) is 6.07. The summed E-state index contributed by atoms with van der Waals surface area (Å²) in [6.45, 7) is 4.90. The first kappa shape index (κ1) is 22.8. The monoisotopic (exact) mass is 448 g/mol. The molecule has 0 amide bonds. The molecule has 1 fully saturated rings. The van der Waals surface area contributed by atoms with Gasteiger partial charge in [0.15, 0.2) is 0 Å². The van der Waals surface area contributed by atoms with Gasteiger partial charge in [0.05, 0.1) is 11.0 Å². The molecule has 2 atom stereocenters. The Kier molecular flexibility index (Phi) is 6.97. The zero-order valence-corrected chi connectivity index (χ0v) is 18.4. The number of hydrogen-bond donors (Lipinski definition) is 1. The van der Waals surface area contributed by atoms with Crippen molar-refractivity contribution in [3.63, 3.8) is 0 Å². The van der Waals surface area contributed by atoms with Crippen LogP contribution in [0.1, 0.15) is 45.1 Å². The molecule has 0 saturated heterocycles. The SMILES string of the molecule is CC(C)OC(=O)[C@H](C)NP(=O)(Oc1ccc([N+](=O)[O-])cc1)Oc1cccc(C2CC2)c1. The number of ether oxygens (including phenoxy) is 1. The summed E-state index contributed by atoms with van der Waals surface area (Å²) < 4.78 is 30.0. The van der Waals surface area contributed by atoms with Gasteiger partial charge in [-0.05, 0) is 69.4 Å². The van der Waals surface area contributed by atoms with Gasteiger partial charge >= 0.3 is 13.7 Å². The third-order valence-electron chi connectivity index (χ3n) is 4.46. The molecular weight excluding hydrogens is 423 g/mol. The maximum atomic E-state index is 13.6. The van der Waals surface area contributed by atoms with Crippen molar-refractivity contribution in [1.29, 1.82) is 0 Å². The molecular formula is C21H25N2O7P. The van der Waals surface area contributed by atoms with E-state index in [1.54, 1.807) is 32.0 Å². The molecule has 0 bridgehead atoms. The van der Waals surface area contributed by atoms with Gasteiger partial charge in [-0.15, -0.1) is 0 Å². The van der Waals surface area contributed by atoms with E-state index < -0.39 is 24.7 Å². The van der Waals surface area contributed by atoms with E-state index >= 15 is 0 Å². The molecule has 1 aliphatic rings. The molecule has 1 N–H and O–H groups in total. The van der Waals surface area contributed by atoms with Crippen LogP contribution in [-0.2, 0) is 14.1 Å². The quantitative estimate of drug-likeness (QED) is 0.234. The minimum atomic E-state index is -4.11. The summed E-state index contributed by atoms with van der Waals surface area (Å²) in [7, 11) is -4.11. The first-order valence-electron chi connectivity index (χ1n) is 9.97. The van der Waals surface area contributed by atoms with Crippen molar-refractivity contribution in [3.05, 3.63) is 64.2 Å². The van der Waals surface area contributed by atoms with Crippen LogP contribution in [0.5, 0.6) is 11.5 Å². The second-order valence-electron chi connectivity index (χ2n) is 7.61. The molecule has 0 aromatic heterocycles. The minimum Gasteiger partial charge on any atom is -0.462 e. The molecule has 1 unspecified atom stereocenters. The smallest absolute Gasteiger partial charge is 0.462 e. The van der Waals surface area contributed by atoms with Gasteiger partial charge in [0.1, 0.15) is 17.5 Å². The zero-order chi connectivity index (χ0) is 22.6. The van der Waals surface area contributed by atoms with E-state index in [0.717, 1.165) is 18.4 Å². The molecule has 3 rings (SSSR count). The normalized spacial score (nSPS) is 16.3. The largest absolute Gasteiger partial charge is 0.513 e. The summed E-state index contributed by atoms with van der Waals surface area (Å²) >= 11 is 0. The number of esters is 1. The maximum absolute atomic E-state index is 13.6. The molecule has 0 radical (unpaired) electrons. The van der Waals surface area contributed by atoms with Crippen LogP contribution in [0.15, 0.2) is 48.5 Å². The van der Waals surface area contributed by atoms with Crippen molar-refractivity contribution in [2.45, 2.75) is 51.7 Å². The number of benzene rings is 2. The molecule has 0 aliphatic heterocycles. The van der Waals surface area contributed by atoms with E-state index in [9.17, 15) is 19.5 Å². The number of nitrogens with zero attached hydrogens (tertiary/aromatic N) is 1. The Balaban J connectivity index is 1.83. The van der Waals surface area contributed by atoms with E-state index in [0.29, 0.717) is 11.7 Å². The van der Waals surface area contributed by atoms with Crippen LogP contribution >= 0.6 is 7.75 Å². The summed E-state index contributed by atoms with van der Waals surface area (Å²) in [4.78, 5) is 22.5. The molecule has 2 aromatic rings. The number of non-ortho nitro benzene ring substituents is 1.